The number of nitrogens with one attached hydrogen (secondary N) is 1. The number of hydrogen-bond donors (Lipinski definition) is 2. The molecule has 1 saturated heterocycles. The highest BCUT2D eigenvalue weighted by atomic mass is 35.5. The van der Waals surface area contributed by atoms with Crippen LogP contribution >= 0.6 is 23.2 Å². The molecule has 0 radical (unpaired) electrons. The number of nitrogens with two attached hydrogens (primary N) is 1. The lowest BCUT2D eigenvalue weighted by Gasteiger charge is -2.19. The second kappa shape index (κ2) is 5.43. The zero-order chi connectivity index (χ0) is 14.3. The molecule has 2 amide bonds. The third kappa shape index (κ3) is 2.60. The molecular weight excluding hydrogens is 297 g/mol. The lowest BCUT2D eigenvalue weighted by atomic mass is 9.98. The van der Waals surface area contributed by atoms with E-state index >= 15 is 0 Å². The molecule has 20 heavy (non-hydrogen) atoms. The van der Waals surface area contributed by atoms with Crippen molar-refractivity contribution >= 4 is 34.9 Å². The Morgan fingerprint density at radius 1 is 1.30 bits per heavy atom. The predicted octanol–water partition coefficient (Wildman–Crippen LogP) is 3.19. The molecule has 1 aliphatic carbocycles. The number of rotatable bonds is 1. The van der Waals surface area contributed by atoms with Crippen molar-refractivity contribution < 1.29 is 4.79 Å². The minimum Gasteiger partial charge on any atom is -0.327 e. The van der Waals surface area contributed by atoms with Crippen molar-refractivity contribution in [2.45, 2.75) is 18.9 Å². The van der Waals surface area contributed by atoms with Crippen LogP contribution in [0.3, 0.4) is 0 Å². The normalized spacial score (nSPS) is 28.6. The quantitative estimate of drug-likeness (QED) is 0.836. The second-order valence-electron chi connectivity index (χ2n) is 5.62. The van der Waals surface area contributed by atoms with Crippen molar-refractivity contribution in [3.63, 3.8) is 0 Å². The highest BCUT2D eigenvalue weighted by Crippen LogP contribution is 2.37. The van der Waals surface area contributed by atoms with Gasteiger partial charge in [0.2, 0.25) is 0 Å². The van der Waals surface area contributed by atoms with Gasteiger partial charge in [0.1, 0.15) is 0 Å². The zero-order valence-corrected chi connectivity index (χ0v) is 12.5. The summed E-state index contributed by atoms with van der Waals surface area (Å²) in [5, 5.41) is 3.86. The molecule has 1 aromatic carbocycles. The van der Waals surface area contributed by atoms with Crippen molar-refractivity contribution in [1.82, 2.24) is 4.90 Å². The van der Waals surface area contributed by atoms with E-state index in [9.17, 15) is 4.79 Å². The predicted molar refractivity (Wildman–Crippen MR) is 81.2 cm³/mol. The molecule has 0 aromatic heterocycles. The number of anilines is 1. The molecule has 0 spiro atoms. The Labute approximate surface area is 128 Å². The van der Waals surface area contributed by atoms with Gasteiger partial charge in [-0.2, -0.15) is 0 Å². The van der Waals surface area contributed by atoms with Gasteiger partial charge in [-0.05, 0) is 42.9 Å². The molecule has 6 heteroatoms. The fourth-order valence-electron chi connectivity index (χ4n) is 3.26. The van der Waals surface area contributed by atoms with Crippen LogP contribution in [0.15, 0.2) is 18.2 Å². The van der Waals surface area contributed by atoms with Gasteiger partial charge in [-0.1, -0.05) is 23.2 Å². The number of hydrogen-bond acceptors (Lipinski definition) is 2. The monoisotopic (exact) mass is 313 g/mol. The summed E-state index contributed by atoms with van der Waals surface area (Å²) < 4.78 is 0. The van der Waals surface area contributed by atoms with Gasteiger partial charge in [-0.3, -0.25) is 0 Å². The van der Waals surface area contributed by atoms with Crippen LogP contribution < -0.4 is 11.1 Å². The lowest BCUT2D eigenvalue weighted by molar-refractivity contribution is 0.218. The minimum atomic E-state index is -0.129. The summed E-state index contributed by atoms with van der Waals surface area (Å²) in [7, 11) is 0. The molecule has 3 unspecified atom stereocenters. The van der Waals surface area contributed by atoms with Gasteiger partial charge in [0, 0.05) is 24.2 Å². The highest BCUT2D eigenvalue weighted by Gasteiger charge is 2.42. The largest absolute Gasteiger partial charge is 0.327 e. The summed E-state index contributed by atoms with van der Waals surface area (Å²) in [6, 6.07) is 5.13. The van der Waals surface area contributed by atoms with Gasteiger partial charge in [0.15, 0.2) is 0 Å². The Bertz CT molecular complexity index is 537. The number of benzene rings is 1. The number of likely N-dealkylation sites (tertiary alicyclic amines) is 1. The molecule has 1 heterocycles. The maximum atomic E-state index is 12.3. The number of carbonyl (C=O) groups excluding carboxylic acids is 1. The zero-order valence-electron chi connectivity index (χ0n) is 11.0. The molecule has 3 rings (SSSR count). The third-order valence-corrected chi connectivity index (χ3v) is 4.93. The van der Waals surface area contributed by atoms with E-state index in [4.69, 9.17) is 28.9 Å². The van der Waals surface area contributed by atoms with Crippen LogP contribution in [0, 0.1) is 11.8 Å². The first-order valence-electron chi connectivity index (χ1n) is 6.81. The number of halogens is 2. The van der Waals surface area contributed by atoms with Crippen molar-refractivity contribution in [3.8, 4) is 0 Å². The average Bonchev–Trinajstić information content (AvgIpc) is 2.97. The number of nitrogens with zero attached hydrogens (tertiary/aromatic N) is 1. The van der Waals surface area contributed by atoms with Crippen LogP contribution in [0.2, 0.25) is 10.0 Å². The first kappa shape index (κ1) is 14.0. The van der Waals surface area contributed by atoms with Gasteiger partial charge >= 0.3 is 6.03 Å². The minimum absolute atomic E-state index is 0.129. The molecular formula is C14H17Cl2N3O. The summed E-state index contributed by atoms with van der Waals surface area (Å²) in [4.78, 5) is 14.1. The molecule has 4 nitrogen and oxygen atoms in total. The first-order chi connectivity index (χ1) is 9.54. The standard InChI is InChI=1S/C14H17Cl2N3O/c15-9-2-3-11(16)13(5-9)18-14(20)19-6-8-1-4-12(17)10(8)7-19/h2-3,5,8,10,12H,1,4,6-7,17H2,(H,18,20). The van der Waals surface area contributed by atoms with E-state index in [1.807, 2.05) is 4.90 Å². The maximum Gasteiger partial charge on any atom is 0.321 e. The molecule has 1 saturated carbocycles. The van der Waals surface area contributed by atoms with Gasteiger partial charge in [-0.25, -0.2) is 4.79 Å². The number of carbonyl (C=O) groups is 1. The second-order valence-corrected chi connectivity index (χ2v) is 6.47. The topological polar surface area (TPSA) is 58.4 Å². The van der Waals surface area contributed by atoms with Crippen LogP contribution in [0.4, 0.5) is 10.5 Å². The number of amides is 2. The van der Waals surface area contributed by atoms with Gasteiger partial charge < -0.3 is 16.0 Å². The molecule has 3 atom stereocenters. The van der Waals surface area contributed by atoms with E-state index in [1.165, 1.54) is 0 Å². The Kier molecular flexibility index (Phi) is 3.80. The Morgan fingerprint density at radius 3 is 2.85 bits per heavy atom. The van der Waals surface area contributed by atoms with Crippen LogP contribution in [0.5, 0.6) is 0 Å². The van der Waals surface area contributed by atoms with Crippen LogP contribution in [-0.2, 0) is 0 Å². The molecule has 2 fully saturated rings. The van der Waals surface area contributed by atoms with E-state index in [2.05, 4.69) is 5.32 Å². The fourth-order valence-corrected chi connectivity index (χ4v) is 3.60. The average molecular weight is 314 g/mol. The fraction of sp³-hybridized carbons (Fsp3) is 0.500. The summed E-state index contributed by atoms with van der Waals surface area (Å²) in [5.41, 5.74) is 6.63. The van der Waals surface area contributed by atoms with E-state index in [0.29, 0.717) is 27.6 Å². The number of urea groups is 1. The van der Waals surface area contributed by atoms with E-state index in [-0.39, 0.29) is 12.1 Å². The molecule has 1 aliphatic heterocycles. The molecule has 0 bridgehead atoms. The highest BCUT2D eigenvalue weighted by molar-refractivity contribution is 6.35. The van der Waals surface area contributed by atoms with Gasteiger partial charge in [-0.15, -0.1) is 0 Å². The van der Waals surface area contributed by atoms with Crippen LogP contribution in [-0.4, -0.2) is 30.1 Å². The van der Waals surface area contributed by atoms with Crippen molar-refractivity contribution in [3.05, 3.63) is 28.2 Å². The Hall–Kier alpha value is -0.970. The Morgan fingerprint density at radius 2 is 2.10 bits per heavy atom. The Balaban J connectivity index is 1.67. The maximum absolute atomic E-state index is 12.3. The summed E-state index contributed by atoms with van der Waals surface area (Å²) in [5.74, 6) is 0.987. The molecule has 3 N–H and O–H groups in total. The SMILES string of the molecule is NC1CCC2CN(C(=O)Nc3cc(Cl)ccc3Cl)CC12. The molecule has 1 aromatic rings. The van der Waals surface area contributed by atoms with E-state index < -0.39 is 0 Å². The summed E-state index contributed by atoms with van der Waals surface area (Å²) in [6.45, 7) is 1.51. The summed E-state index contributed by atoms with van der Waals surface area (Å²) in [6.07, 6.45) is 2.19. The molecule has 108 valence electrons. The van der Waals surface area contributed by atoms with Crippen LogP contribution in [0.25, 0.3) is 0 Å². The third-order valence-electron chi connectivity index (χ3n) is 4.37. The smallest absolute Gasteiger partial charge is 0.321 e. The van der Waals surface area contributed by atoms with Gasteiger partial charge in [0.25, 0.3) is 0 Å². The van der Waals surface area contributed by atoms with E-state index in [1.54, 1.807) is 18.2 Å². The van der Waals surface area contributed by atoms with Crippen molar-refractivity contribution in [2.24, 2.45) is 17.6 Å². The number of fused-ring (bicyclic) bond motifs is 1. The first-order valence-corrected chi connectivity index (χ1v) is 7.57. The molecule has 2 aliphatic rings. The van der Waals surface area contributed by atoms with Crippen molar-refractivity contribution in [1.29, 1.82) is 0 Å². The van der Waals surface area contributed by atoms with E-state index in [0.717, 1.165) is 25.9 Å². The summed E-state index contributed by atoms with van der Waals surface area (Å²) >= 11 is 12.0. The van der Waals surface area contributed by atoms with Gasteiger partial charge in [0.05, 0.1) is 10.7 Å². The lowest BCUT2D eigenvalue weighted by Crippen LogP contribution is -2.36. The van der Waals surface area contributed by atoms with Crippen LogP contribution in [0.1, 0.15) is 12.8 Å². The van der Waals surface area contributed by atoms with Crippen molar-refractivity contribution in [2.75, 3.05) is 18.4 Å².